The van der Waals surface area contributed by atoms with E-state index in [0.717, 1.165) is 17.7 Å². The number of nitrogens with one attached hydrogen (secondary N) is 2. The summed E-state index contributed by atoms with van der Waals surface area (Å²) in [6, 6.07) is 9.94. The maximum absolute atomic E-state index is 12.8. The third-order valence-electron chi connectivity index (χ3n) is 2.93. The predicted octanol–water partition coefficient (Wildman–Crippen LogP) is 3.44. The molecule has 0 atom stereocenters. The number of carbonyl (C=O) groups is 1. The van der Waals surface area contributed by atoms with Crippen LogP contribution in [0.1, 0.15) is 12.5 Å². The minimum atomic E-state index is -0.521. The van der Waals surface area contributed by atoms with E-state index in [4.69, 9.17) is 4.74 Å². The van der Waals surface area contributed by atoms with Gasteiger partial charge in [0, 0.05) is 6.54 Å². The van der Waals surface area contributed by atoms with Crippen LogP contribution in [-0.2, 0) is 11.2 Å². The lowest BCUT2D eigenvalue weighted by Gasteiger charge is -2.08. The number of pyridine rings is 1. The molecule has 1 aromatic carbocycles. The van der Waals surface area contributed by atoms with Crippen molar-refractivity contribution in [3.8, 4) is 0 Å². The molecule has 5 nitrogen and oxygen atoms in total. The number of nitrogens with zero attached hydrogens (tertiary/aromatic N) is 1. The Morgan fingerprint density at radius 3 is 2.64 bits per heavy atom. The molecule has 1 heterocycles. The molecule has 1 amide bonds. The first-order valence-corrected chi connectivity index (χ1v) is 7.05. The predicted molar refractivity (Wildman–Crippen MR) is 83.5 cm³/mol. The first-order valence-electron chi connectivity index (χ1n) is 7.05. The van der Waals surface area contributed by atoms with E-state index in [1.54, 1.807) is 31.3 Å². The van der Waals surface area contributed by atoms with Crippen molar-refractivity contribution in [2.24, 2.45) is 0 Å². The maximum Gasteiger partial charge on any atom is 0.412 e. The lowest BCUT2D eigenvalue weighted by molar-refractivity contribution is 0.168. The van der Waals surface area contributed by atoms with Gasteiger partial charge in [0.25, 0.3) is 0 Å². The van der Waals surface area contributed by atoms with Gasteiger partial charge in [0.1, 0.15) is 11.6 Å². The number of rotatable bonds is 6. The van der Waals surface area contributed by atoms with Crippen LogP contribution in [0.25, 0.3) is 0 Å². The molecule has 0 spiro atoms. The molecule has 0 radical (unpaired) electrons. The van der Waals surface area contributed by atoms with Crippen molar-refractivity contribution < 1.29 is 13.9 Å². The van der Waals surface area contributed by atoms with Crippen LogP contribution >= 0.6 is 0 Å². The summed E-state index contributed by atoms with van der Waals surface area (Å²) in [4.78, 5) is 15.3. The quantitative estimate of drug-likeness (QED) is 0.858. The summed E-state index contributed by atoms with van der Waals surface area (Å²) >= 11 is 0. The lowest BCUT2D eigenvalue weighted by atomic mass is 10.1. The highest BCUT2D eigenvalue weighted by Crippen LogP contribution is 2.10. The van der Waals surface area contributed by atoms with E-state index in [-0.39, 0.29) is 5.82 Å². The average molecular weight is 303 g/mol. The minimum Gasteiger partial charge on any atom is -0.450 e. The van der Waals surface area contributed by atoms with Gasteiger partial charge in [-0.2, -0.15) is 0 Å². The summed E-state index contributed by atoms with van der Waals surface area (Å²) in [5.74, 6) is 0.202. The monoisotopic (exact) mass is 303 g/mol. The van der Waals surface area contributed by atoms with Crippen molar-refractivity contribution in [2.45, 2.75) is 13.3 Å². The number of carbonyl (C=O) groups excluding carboxylic acids is 1. The van der Waals surface area contributed by atoms with Crippen LogP contribution in [0.3, 0.4) is 0 Å². The van der Waals surface area contributed by atoms with Crippen LogP contribution in [-0.4, -0.2) is 24.2 Å². The normalized spacial score (nSPS) is 10.1. The molecule has 2 N–H and O–H groups in total. The Balaban J connectivity index is 1.78. The van der Waals surface area contributed by atoms with Gasteiger partial charge in [-0.05, 0) is 43.2 Å². The van der Waals surface area contributed by atoms with E-state index in [1.807, 2.05) is 6.07 Å². The standard InChI is InChI=1S/C16H18FN3O2/c1-2-22-16(21)20-15-8-7-14(11-19-15)18-10-9-12-3-5-13(17)6-4-12/h3-8,11,18H,2,9-10H2,1H3,(H,19,20,21). The highest BCUT2D eigenvalue weighted by atomic mass is 19.1. The molecule has 0 saturated carbocycles. The molecule has 116 valence electrons. The molecule has 0 bridgehead atoms. The summed E-state index contributed by atoms with van der Waals surface area (Å²) < 4.78 is 17.6. The van der Waals surface area contributed by atoms with Gasteiger partial charge in [0.2, 0.25) is 0 Å². The number of halogens is 1. The maximum atomic E-state index is 12.8. The highest BCUT2D eigenvalue weighted by Gasteiger charge is 2.02. The Kier molecular flexibility index (Phi) is 5.71. The molecule has 22 heavy (non-hydrogen) atoms. The smallest absolute Gasteiger partial charge is 0.412 e. The van der Waals surface area contributed by atoms with Gasteiger partial charge in [-0.15, -0.1) is 0 Å². The molecule has 1 aromatic heterocycles. The molecule has 0 aliphatic rings. The Hall–Kier alpha value is -2.63. The van der Waals surface area contributed by atoms with Crippen molar-refractivity contribution in [3.63, 3.8) is 0 Å². The molecular weight excluding hydrogens is 285 g/mol. The average Bonchev–Trinajstić information content (AvgIpc) is 2.51. The third kappa shape index (κ3) is 5.05. The zero-order chi connectivity index (χ0) is 15.8. The lowest BCUT2D eigenvalue weighted by Crippen LogP contribution is -2.14. The van der Waals surface area contributed by atoms with E-state index >= 15 is 0 Å². The second kappa shape index (κ2) is 7.97. The number of aromatic nitrogens is 1. The number of hydrogen-bond donors (Lipinski definition) is 2. The van der Waals surface area contributed by atoms with Crippen LogP contribution in [0.2, 0.25) is 0 Å². The Morgan fingerprint density at radius 2 is 2.00 bits per heavy atom. The largest absolute Gasteiger partial charge is 0.450 e. The van der Waals surface area contributed by atoms with Gasteiger partial charge in [-0.25, -0.2) is 14.2 Å². The zero-order valence-corrected chi connectivity index (χ0v) is 12.3. The zero-order valence-electron chi connectivity index (χ0n) is 12.3. The van der Waals surface area contributed by atoms with E-state index in [9.17, 15) is 9.18 Å². The van der Waals surface area contributed by atoms with Gasteiger partial charge in [-0.1, -0.05) is 12.1 Å². The molecule has 6 heteroatoms. The fraction of sp³-hybridized carbons (Fsp3) is 0.250. The van der Waals surface area contributed by atoms with E-state index in [0.29, 0.717) is 19.0 Å². The van der Waals surface area contributed by atoms with Crippen molar-refractivity contribution >= 4 is 17.6 Å². The van der Waals surface area contributed by atoms with Crippen LogP contribution in [0.5, 0.6) is 0 Å². The van der Waals surface area contributed by atoms with Gasteiger partial charge < -0.3 is 10.1 Å². The number of amides is 1. The summed E-state index contributed by atoms with van der Waals surface area (Å²) in [7, 11) is 0. The highest BCUT2D eigenvalue weighted by molar-refractivity contribution is 5.83. The topological polar surface area (TPSA) is 63.2 Å². The van der Waals surface area contributed by atoms with Crippen LogP contribution in [0, 0.1) is 5.82 Å². The second-order valence-electron chi connectivity index (χ2n) is 4.58. The molecule has 0 saturated heterocycles. The Labute approximate surface area is 128 Å². The molecule has 0 aliphatic heterocycles. The van der Waals surface area contributed by atoms with Crippen molar-refractivity contribution in [2.75, 3.05) is 23.8 Å². The fourth-order valence-corrected chi connectivity index (χ4v) is 1.85. The van der Waals surface area contributed by atoms with Crippen LogP contribution in [0.15, 0.2) is 42.6 Å². The van der Waals surface area contributed by atoms with Crippen LogP contribution < -0.4 is 10.6 Å². The first-order chi connectivity index (χ1) is 10.7. The Bertz CT molecular complexity index is 600. The summed E-state index contributed by atoms with van der Waals surface area (Å²) in [6.07, 6.45) is 1.89. The van der Waals surface area contributed by atoms with Crippen LogP contribution in [0.4, 0.5) is 20.7 Å². The second-order valence-corrected chi connectivity index (χ2v) is 4.58. The number of anilines is 2. The first kappa shape index (κ1) is 15.8. The van der Waals surface area contributed by atoms with Crippen molar-refractivity contribution in [3.05, 3.63) is 54.0 Å². The van der Waals surface area contributed by atoms with Crippen molar-refractivity contribution in [1.82, 2.24) is 4.98 Å². The fourth-order valence-electron chi connectivity index (χ4n) is 1.85. The van der Waals surface area contributed by atoms with E-state index in [1.165, 1.54) is 12.1 Å². The van der Waals surface area contributed by atoms with Crippen molar-refractivity contribution in [1.29, 1.82) is 0 Å². The van der Waals surface area contributed by atoms with Gasteiger partial charge >= 0.3 is 6.09 Å². The third-order valence-corrected chi connectivity index (χ3v) is 2.93. The Morgan fingerprint density at radius 1 is 1.23 bits per heavy atom. The molecule has 0 fully saturated rings. The number of hydrogen-bond acceptors (Lipinski definition) is 4. The summed E-state index contributed by atoms with van der Waals surface area (Å²) in [6.45, 7) is 2.76. The van der Waals surface area contributed by atoms with E-state index in [2.05, 4.69) is 15.6 Å². The molecule has 2 rings (SSSR count). The minimum absolute atomic E-state index is 0.231. The molecular formula is C16H18FN3O2. The van der Waals surface area contributed by atoms with E-state index < -0.39 is 6.09 Å². The SMILES string of the molecule is CCOC(=O)Nc1ccc(NCCc2ccc(F)cc2)cn1. The summed E-state index contributed by atoms with van der Waals surface area (Å²) in [5, 5.41) is 5.73. The molecule has 2 aromatic rings. The van der Waals surface area contributed by atoms with Gasteiger partial charge in [-0.3, -0.25) is 5.32 Å². The number of benzene rings is 1. The van der Waals surface area contributed by atoms with Gasteiger partial charge in [0.05, 0.1) is 18.5 Å². The summed E-state index contributed by atoms with van der Waals surface area (Å²) in [5.41, 5.74) is 1.90. The molecule has 0 unspecified atom stereocenters. The number of ether oxygens (including phenoxy) is 1. The molecule has 0 aliphatic carbocycles. The van der Waals surface area contributed by atoms with Gasteiger partial charge in [0.15, 0.2) is 0 Å².